The summed E-state index contributed by atoms with van der Waals surface area (Å²) in [5, 5.41) is 2.56. The lowest BCUT2D eigenvalue weighted by Crippen LogP contribution is -2.30. The van der Waals surface area contributed by atoms with Crippen LogP contribution in [0.5, 0.6) is 0 Å². The number of unbranched alkanes of at least 4 members (excludes halogenated alkanes) is 5. The molecule has 0 aliphatic carbocycles. The Bertz CT molecular complexity index is 357. The van der Waals surface area contributed by atoms with E-state index in [1.807, 2.05) is 6.92 Å². The van der Waals surface area contributed by atoms with Crippen LogP contribution in [-0.4, -0.2) is 37.6 Å². The first kappa shape index (κ1) is 22.4. The van der Waals surface area contributed by atoms with Gasteiger partial charge >= 0.3 is 11.9 Å². The quantitative estimate of drug-likeness (QED) is 0.365. The molecule has 0 spiro atoms. The molecule has 0 heterocycles. The van der Waals surface area contributed by atoms with Crippen LogP contribution < -0.4 is 5.32 Å². The Morgan fingerprint density at radius 1 is 0.708 bits per heavy atom. The highest BCUT2D eigenvalue weighted by molar-refractivity contribution is 5.81. The van der Waals surface area contributed by atoms with Crippen LogP contribution in [0.25, 0.3) is 0 Å². The van der Waals surface area contributed by atoms with Gasteiger partial charge in [-0.05, 0) is 25.7 Å². The summed E-state index contributed by atoms with van der Waals surface area (Å²) >= 11 is 0. The smallest absolute Gasteiger partial charge is 0.325 e. The number of amides is 1. The topological polar surface area (TPSA) is 81.7 Å². The lowest BCUT2D eigenvalue weighted by molar-refractivity contribution is -0.144. The van der Waals surface area contributed by atoms with Crippen molar-refractivity contribution < 1.29 is 23.9 Å². The molecule has 0 rings (SSSR count). The number of ether oxygens (including phenoxy) is 2. The van der Waals surface area contributed by atoms with Crippen molar-refractivity contribution in [3.63, 3.8) is 0 Å². The first-order chi connectivity index (χ1) is 11.6. The largest absolute Gasteiger partial charge is 0.466 e. The summed E-state index contributed by atoms with van der Waals surface area (Å²) in [6.07, 6.45) is 7.90. The second kappa shape index (κ2) is 16.3. The molecule has 0 aromatic heterocycles. The van der Waals surface area contributed by atoms with Crippen LogP contribution in [0.4, 0.5) is 0 Å². The summed E-state index contributed by atoms with van der Waals surface area (Å²) in [6.45, 7) is 4.93. The van der Waals surface area contributed by atoms with E-state index in [2.05, 4.69) is 12.2 Å². The van der Waals surface area contributed by atoms with Crippen LogP contribution in [0.15, 0.2) is 0 Å². The van der Waals surface area contributed by atoms with Crippen molar-refractivity contribution >= 4 is 17.8 Å². The highest BCUT2D eigenvalue weighted by atomic mass is 16.5. The number of carbonyl (C=O) groups excluding carboxylic acids is 3. The van der Waals surface area contributed by atoms with E-state index in [1.54, 1.807) is 0 Å². The molecule has 1 N–H and O–H groups in total. The van der Waals surface area contributed by atoms with Gasteiger partial charge in [0.25, 0.3) is 0 Å². The monoisotopic (exact) mass is 343 g/mol. The molecule has 0 saturated heterocycles. The number of carbonyl (C=O) groups is 3. The maximum atomic E-state index is 11.6. The molecular weight excluding hydrogens is 310 g/mol. The number of esters is 2. The van der Waals surface area contributed by atoms with Gasteiger partial charge in [0, 0.05) is 12.8 Å². The van der Waals surface area contributed by atoms with Crippen LogP contribution in [0.1, 0.15) is 78.1 Å². The van der Waals surface area contributed by atoms with Gasteiger partial charge in [-0.1, -0.05) is 39.5 Å². The van der Waals surface area contributed by atoms with Gasteiger partial charge < -0.3 is 14.8 Å². The first-order valence-electron chi connectivity index (χ1n) is 9.18. The summed E-state index contributed by atoms with van der Waals surface area (Å²) in [5.41, 5.74) is 0. The Labute approximate surface area is 145 Å². The molecule has 0 radical (unpaired) electrons. The summed E-state index contributed by atoms with van der Waals surface area (Å²) in [6, 6.07) is 0. The van der Waals surface area contributed by atoms with Crippen molar-refractivity contribution in [1.29, 1.82) is 0 Å². The normalized spacial score (nSPS) is 10.2. The van der Waals surface area contributed by atoms with Crippen LogP contribution in [0.2, 0.25) is 0 Å². The predicted octanol–water partition coefficient (Wildman–Crippen LogP) is 3.13. The number of hydrogen-bond donors (Lipinski definition) is 1. The van der Waals surface area contributed by atoms with E-state index in [-0.39, 0.29) is 18.4 Å². The molecule has 24 heavy (non-hydrogen) atoms. The lowest BCUT2D eigenvalue weighted by atomic mass is 10.1. The Hall–Kier alpha value is -1.59. The van der Waals surface area contributed by atoms with Gasteiger partial charge in [0.05, 0.1) is 13.2 Å². The maximum Gasteiger partial charge on any atom is 0.325 e. The fraction of sp³-hybridized carbons (Fsp3) is 0.833. The van der Waals surface area contributed by atoms with Crippen molar-refractivity contribution in [3.8, 4) is 0 Å². The third-order valence-electron chi connectivity index (χ3n) is 3.49. The van der Waals surface area contributed by atoms with E-state index in [0.29, 0.717) is 26.1 Å². The second-order valence-electron chi connectivity index (χ2n) is 5.84. The van der Waals surface area contributed by atoms with Gasteiger partial charge in [-0.25, -0.2) is 0 Å². The summed E-state index contributed by atoms with van der Waals surface area (Å²) in [5.74, 6) is -0.664. The van der Waals surface area contributed by atoms with E-state index in [9.17, 15) is 14.4 Å². The van der Waals surface area contributed by atoms with Gasteiger partial charge in [0.2, 0.25) is 5.91 Å². The molecule has 6 nitrogen and oxygen atoms in total. The van der Waals surface area contributed by atoms with Gasteiger partial charge in [-0.3, -0.25) is 14.4 Å². The molecule has 6 heteroatoms. The fourth-order valence-corrected chi connectivity index (χ4v) is 1.95. The number of rotatable bonds is 15. The molecule has 0 bridgehead atoms. The SMILES string of the molecule is CCCCOC(=O)CCCCCCC(=O)NCC(=O)OCCCC. The van der Waals surface area contributed by atoms with Crippen LogP contribution in [-0.2, 0) is 23.9 Å². The van der Waals surface area contributed by atoms with E-state index in [0.717, 1.165) is 51.4 Å². The fourth-order valence-electron chi connectivity index (χ4n) is 1.95. The van der Waals surface area contributed by atoms with E-state index >= 15 is 0 Å². The van der Waals surface area contributed by atoms with Gasteiger partial charge in [-0.15, -0.1) is 0 Å². The molecule has 1 amide bonds. The van der Waals surface area contributed by atoms with Crippen LogP contribution >= 0.6 is 0 Å². The predicted molar refractivity (Wildman–Crippen MR) is 92.4 cm³/mol. The molecule has 140 valence electrons. The summed E-state index contributed by atoms with van der Waals surface area (Å²) in [7, 11) is 0. The van der Waals surface area contributed by atoms with Gasteiger partial charge in [0.1, 0.15) is 6.54 Å². The van der Waals surface area contributed by atoms with Gasteiger partial charge in [-0.2, -0.15) is 0 Å². The highest BCUT2D eigenvalue weighted by Gasteiger charge is 2.06. The number of hydrogen-bond acceptors (Lipinski definition) is 5. The zero-order chi connectivity index (χ0) is 18.0. The average Bonchev–Trinajstić information content (AvgIpc) is 2.56. The molecule has 0 aliphatic heterocycles. The van der Waals surface area contributed by atoms with Crippen LogP contribution in [0, 0.1) is 0 Å². The Morgan fingerprint density at radius 2 is 1.25 bits per heavy atom. The van der Waals surface area contributed by atoms with E-state index in [4.69, 9.17) is 9.47 Å². The minimum absolute atomic E-state index is 0.0633. The molecular formula is C18H33NO5. The third-order valence-corrected chi connectivity index (χ3v) is 3.49. The maximum absolute atomic E-state index is 11.6. The molecule has 0 atom stereocenters. The van der Waals surface area contributed by atoms with Gasteiger partial charge in [0.15, 0.2) is 0 Å². The third kappa shape index (κ3) is 15.3. The standard InChI is InChI=1S/C18H33NO5/c1-3-5-13-23-17(21)12-10-8-7-9-11-16(20)19-15-18(22)24-14-6-4-2/h3-15H2,1-2H3,(H,19,20). The second-order valence-corrected chi connectivity index (χ2v) is 5.84. The average molecular weight is 343 g/mol. The van der Waals surface area contributed by atoms with Crippen molar-refractivity contribution in [1.82, 2.24) is 5.32 Å². The van der Waals surface area contributed by atoms with E-state index < -0.39 is 5.97 Å². The molecule has 0 aliphatic rings. The molecule has 0 fully saturated rings. The van der Waals surface area contributed by atoms with Crippen molar-refractivity contribution in [3.05, 3.63) is 0 Å². The van der Waals surface area contributed by atoms with Crippen molar-refractivity contribution in [2.75, 3.05) is 19.8 Å². The van der Waals surface area contributed by atoms with Crippen LogP contribution in [0.3, 0.4) is 0 Å². The van der Waals surface area contributed by atoms with E-state index in [1.165, 1.54) is 0 Å². The van der Waals surface area contributed by atoms with Crippen molar-refractivity contribution in [2.45, 2.75) is 78.1 Å². The molecule has 0 saturated carbocycles. The highest BCUT2D eigenvalue weighted by Crippen LogP contribution is 2.06. The minimum atomic E-state index is -0.390. The zero-order valence-electron chi connectivity index (χ0n) is 15.2. The first-order valence-corrected chi connectivity index (χ1v) is 9.18. The molecule has 0 unspecified atom stereocenters. The summed E-state index contributed by atoms with van der Waals surface area (Å²) in [4.78, 5) is 34.3. The summed E-state index contributed by atoms with van der Waals surface area (Å²) < 4.78 is 10.0. The zero-order valence-corrected chi connectivity index (χ0v) is 15.2. The molecule has 0 aromatic rings. The molecule has 0 aromatic carbocycles. The Morgan fingerprint density at radius 3 is 1.83 bits per heavy atom. The lowest BCUT2D eigenvalue weighted by Gasteiger charge is -2.06. The Balaban J connectivity index is 3.42. The number of nitrogens with one attached hydrogen (secondary N) is 1. The Kier molecular flexibility index (Phi) is 15.2. The minimum Gasteiger partial charge on any atom is -0.466 e. The van der Waals surface area contributed by atoms with Crippen molar-refractivity contribution in [2.24, 2.45) is 0 Å².